The Bertz CT molecular complexity index is 1120. The van der Waals surface area contributed by atoms with E-state index >= 15 is 0 Å². The topological polar surface area (TPSA) is 97.1 Å². The van der Waals surface area contributed by atoms with E-state index in [2.05, 4.69) is 10.1 Å². The van der Waals surface area contributed by atoms with Crippen LogP contribution >= 0.6 is 0 Å². The van der Waals surface area contributed by atoms with Gasteiger partial charge in [-0.3, -0.25) is 14.6 Å². The zero-order valence-corrected chi connectivity index (χ0v) is 15.8. The van der Waals surface area contributed by atoms with Crippen molar-refractivity contribution in [2.45, 2.75) is 19.0 Å². The molecule has 0 fully saturated rings. The van der Waals surface area contributed by atoms with E-state index in [-0.39, 0.29) is 11.4 Å². The van der Waals surface area contributed by atoms with E-state index in [0.29, 0.717) is 11.1 Å². The highest BCUT2D eigenvalue weighted by molar-refractivity contribution is 5.94. The zero-order valence-electron chi connectivity index (χ0n) is 15.8. The van der Waals surface area contributed by atoms with Gasteiger partial charge < -0.3 is 10.4 Å². The van der Waals surface area contributed by atoms with Crippen LogP contribution in [0.15, 0.2) is 59.7 Å². The molecule has 1 amide bonds. The molecular weight excluding hydrogens is 420 g/mol. The van der Waals surface area contributed by atoms with Gasteiger partial charge in [0.1, 0.15) is 12.2 Å². The quantitative estimate of drug-likeness (QED) is 0.579. The summed E-state index contributed by atoms with van der Waals surface area (Å²) in [5.74, 6) is -1.12. The fraction of sp³-hybridized carbons (Fsp3) is 0.200. The molecule has 0 radical (unpaired) electrons. The largest absolute Gasteiger partial charge is 0.416 e. The van der Waals surface area contributed by atoms with Crippen molar-refractivity contribution in [3.63, 3.8) is 0 Å². The number of carbonyl (C=O) groups excluding carboxylic acids is 1. The Balaban J connectivity index is 2.05. The van der Waals surface area contributed by atoms with E-state index in [1.54, 1.807) is 0 Å². The van der Waals surface area contributed by atoms with E-state index in [1.807, 2.05) is 5.32 Å². The number of nitrogens with one attached hydrogen (secondary N) is 1. The Hall–Kier alpha value is -3.60. The van der Waals surface area contributed by atoms with E-state index in [9.17, 15) is 27.2 Å². The third kappa shape index (κ3) is 5.12. The van der Waals surface area contributed by atoms with Gasteiger partial charge in [-0.1, -0.05) is 24.3 Å². The third-order valence-electron chi connectivity index (χ3n) is 4.28. The van der Waals surface area contributed by atoms with Gasteiger partial charge in [-0.05, 0) is 23.8 Å². The summed E-state index contributed by atoms with van der Waals surface area (Å²) >= 11 is 0. The number of aliphatic hydroxyl groups excluding tert-OH is 1. The number of hydrogen-bond donors (Lipinski definition) is 2. The lowest BCUT2D eigenvalue weighted by molar-refractivity contribution is -0.201. The smallest absolute Gasteiger partial charge is 0.382 e. The lowest BCUT2D eigenvalue weighted by atomic mass is 10.1. The van der Waals surface area contributed by atoms with Crippen molar-refractivity contribution in [2.24, 2.45) is 0 Å². The maximum Gasteiger partial charge on any atom is 0.416 e. The summed E-state index contributed by atoms with van der Waals surface area (Å²) in [5, 5.41) is 15.2. The first-order valence-corrected chi connectivity index (χ1v) is 8.93. The van der Waals surface area contributed by atoms with Gasteiger partial charge in [0, 0.05) is 11.8 Å². The first kappa shape index (κ1) is 22.1. The van der Waals surface area contributed by atoms with Gasteiger partial charge in [0.05, 0.1) is 24.1 Å². The number of aliphatic hydroxyl groups is 1. The summed E-state index contributed by atoms with van der Waals surface area (Å²) in [5.41, 5.74) is -0.161. The summed E-state index contributed by atoms with van der Waals surface area (Å²) in [6.45, 7) is -1.81. The second-order valence-corrected chi connectivity index (χ2v) is 6.47. The number of halogens is 4. The van der Waals surface area contributed by atoms with Crippen molar-refractivity contribution in [1.82, 2.24) is 20.1 Å². The Morgan fingerprint density at radius 1 is 1.19 bits per heavy atom. The summed E-state index contributed by atoms with van der Waals surface area (Å²) in [4.78, 5) is 29.2. The molecule has 0 unspecified atom stereocenters. The monoisotopic (exact) mass is 436 g/mol. The first-order chi connectivity index (χ1) is 14.7. The maximum absolute atomic E-state index is 12.8. The average molecular weight is 436 g/mol. The van der Waals surface area contributed by atoms with E-state index in [4.69, 9.17) is 5.11 Å². The van der Waals surface area contributed by atoms with Gasteiger partial charge in [-0.2, -0.15) is 23.0 Å². The van der Waals surface area contributed by atoms with Gasteiger partial charge in [-0.15, -0.1) is 0 Å². The second-order valence-electron chi connectivity index (χ2n) is 6.47. The van der Waals surface area contributed by atoms with E-state index in [0.717, 1.165) is 10.7 Å². The van der Waals surface area contributed by atoms with Crippen LogP contribution in [0.5, 0.6) is 0 Å². The molecule has 31 heavy (non-hydrogen) atoms. The van der Waals surface area contributed by atoms with Crippen LogP contribution in [0.25, 0.3) is 16.9 Å². The van der Waals surface area contributed by atoms with E-state index < -0.39 is 42.5 Å². The van der Waals surface area contributed by atoms with Crippen LogP contribution in [0.1, 0.15) is 15.9 Å². The Morgan fingerprint density at radius 3 is 2.48 bits per heavy atom. The highest BCUT2D eigenvalue weighted by Gasteiger charge is 2.38. The van der Waals surface area contributed by atoms with E-state index in [1.165, 1.54) is 48.8 Å². The number of carbonyl (C=O) groups is 1. The van der Waals surface area contributed by atoms with Crippen molar-refractivity contribution in [2.75, 3.05) is 6.54 Å². The van der Waals surface area contributed by atoms with Crippen LogP contribution in [-0.4, -0.2) is 44.6 Å². The molecule has 0 saturated carbocycles. The summed E-state index contributed by atoms with van der Waals surface area (Å²) in [6, 6.07) is 10.2. The van der Waals surface area contributed by atoms with Crippen molar-refractivity contribution < 1.29 is 27.5 Å². The van der Waals surface area contributed by atoms with Crippen molar-refractivity contribution in [1.29, 1.82) is 0 Å². The molecule has 0 aliphatic carbocycles. The predicted octanol–water partition coefficient (Wildman–Crippen LogP) is 2.42. The molecule has 2 aromatic heterocycles. The van der Waals surface area contributed by atoms with Crippen LogP contribution in [0, 0.1) is 0 Å². The molecule has 3 rings (SSSR count). The Morgan fingerprint density at radius 2 is 1.90 bits per heavy atom. The molecule has 0 aliphatic heterocycles. The standard InChI is InChI=1S/C20H16F4N4O3/c21-9-12-3-5-13(6-4-12)16-8-15(18(30)26-11-17(29)20(22,23)24)19(31)28(27-16)14-2-1-7-25-10-14/h1-8,10,17,29H,9,11H2,(H,26,30)/t17-/m0/s1. The number of pyridine rings is 1. The average Bonchev–Trinajstić information content (AvgIpc) is 2.77. The Labute approximate surface area is 173 Å². The molecule has 0 bridgehead atoms. The molecule has 11 heteroatoms. The third-order valence-corrected chi connectivity index (χ3v) is 4.28. The fourth-order valence-electron chi connectivity index (χ4n) is 2.62. The molecule has 7 nitrogen and oxygen atoms in total. The van der Waals surface area contributed by atoms with Crippen molar-refractivity contribution in [3.8, 4) is 16.9 Å². The molecule has 2 N–H and O–H groups in total. The number of hydrogen-bond acceptors (Lipinski definition) is 5. The molecule has 2 heterocycles. The SMILES string of the molecule is O=C(NC[C@H](O)C(F)(F)F)c1cc(-c2ccc(CF)cc2)nn(-c2cccnc2)c1=O. The normalized spacial score (nSPS) is 12.4. The summed E-state index contributed by atoms with van der Waals surface area (Å²) < 4.78 is 51.2. The minimum Gasteiger partial charge on any atom is -0.382 e. The second kappa shape index (κ2) is 9.04. The number of aromatic nitrogens is 3. The van der Waals surface area contributed by atoms with Gasteiger partial charge >= 0.3 is 6.18 Å². The molecule has 1 aromatic carbocycles. The van der Waals surface area contributed by atoms with Crippen LogP contribution in [-0.2, 0) is 6.67 Å². The number of rotatable bonds is 6. The lowest BCUT2D eigenvalue weighted by Gasteiger charge is -2.15. The first-order valence-electron chi connectivity index (χ1n) is 8.93. The van der Waals surface area contributed by atoms with Crippen LogP contribution in [0.4, 0.5) is 17.6 Å². The molecule has 3 aromatic rings. The molecule has 0 saturated heterocycles. The number of alkyl halides is 4. The number of nitrogens with zero attached hydrogens (tertiary/aromatic N) is 3. The molecule has 0 aliphatic rings. The van der Waals surface area contributed by atoms with Gasteiger partial charge in [0.25, 0.3) is 11.5 Å². The zero-order chi connectivity index (χ0) is 22.6. The summed E-state index contributed by atoms with van der Waals surface area (Å²) in [7, 11) is 0. The van der Waals surface area contributed by atoms with Crippen LogP contribution in [0.2, 0.25) is 0 Å². The van der Waals surface area contributed by atoms with Crippen LogP contribution in [0.3, 0.4) is 0 Å². The van der Waals surface area contributed by atoms with Crippen LogP contribution < -0.4 is 10.9 Å². The molecular formula is C20H16F4N4O3. The lowest BCUT2D eigenvalue weighted by Crippen LogP contribution is -2.42. The minimum absolute atomic E-state index is 0.149. The molecule has 0 spiro atoms. The van der Waals surface area contributed by atoms with Gasteiger partial charge in [0.2, 0.25) is 0 Å². The van der Waals surface area contributed by atoms with Gasteiger partial charge in [-0.25, -0.2) is 4.39 Å². The highest BCUT2D eigenvalue weighted by atomic mass is 19.4. The fourth-order valence-corrected chi connectivity index (χ4v) is 2.62. The van der Waals surface area contributed by atoms with Crippen molar-refractivity contribution >= 4 is 5.91 Å². The van der Waals surface area contributed by atoms with Gasteiger partial charge in [0.15, 0.2) is 6.10 Å². The predicted molar refractivity (Wildman–Crippen MR) is 102 cm³/mol. The molecule has 162 valence electrons. The van der Waals surface area contributed by atoms with Crippen molar-refractivity contribution in [3.05, 3.63) is 76.3 Å². The minimum atomic E-state index is -4.93. The Kier molecular flexibility index (Phi) is 6.44. The highest BCUT2D eigenvalue weighted by Crippen LogP contribution is 2.20. The summed E-state index contributed by atoms with van der Waals surface area (Å²) in [6.07, 6.45) is -4.93. The number of amides is 1. The maximum atomic E-state index is 12.8. The number of benzene rings is 1. The molecule has 1 atom stereocenters.